The highest BCUT2D eigenvalue weighted by molar-refractivity contribution is 6.25. The summed E-state index contributed by atoms with van der Waals surface area (Å²) in [4.78, 5) is 2.54. The molecular weight excluding hydrogens is 270 g/mol. The number of nitrogens with zero attached hydrogens (tertiary/aromatic N) is 1. The number of rotatable bonds is 2. The number of aromatic hydroxyl groups is 1. The average molecular weight is 292 g/mol. The van der Waals surface area contributed by atoms with E-state index in [4.69, 9.17) is 11.6 Å². The second kappa shape index (κ2) is 5.09. The normalized spacial score (nSPS) is 33.4. The van der Waals surface area contributed by atoms with Crippen LogP contribution in [0.15, 0.2) is 29.8 Å². The quantitative estimate of drug-likeness (QED) is 0.899. The minimum Gasteiger partial charge on any atom is -0.508 e. The Hall–Kier alpha value is -0.990. The molecule has 1 aromatic rings. The van der Waals surface area contributed by atoms with E-state index in [-0.39, 0.29) is 5.41 Å². The molecule has 2 aliphatic rings. The third kappa shape index (κ3) is 2.06. The van der Waals surface area contributed by atoms with Crippen LogP contribution in [-0.2, 0) is 11.8 Å². The van der Waals surface area contributed by atoms with Crippen LogP contribution in [0.1, 0.15) is 31.4 Å². The van der Waals surface area contributed by atoms with Gasteiger partial charge >= 0.3 is 0 Å². The van der Waals surface area contributed by atoms with Crippen molar-refractivity contribution in [2.45, 2.75) is 38.1 Å². The van der Waals surface area contributed by atoms with Gasteiger partial charge in [0.15, 0.2) is 0 Å². The Morgan fingerprint density at radius 3 is 3.05 bits per heavy atom. The number of hydrogen-bond acceptors (Lipinski definition) is 2. The van der Waals surface area contributed by atoms with Crippen LogP contribution >= 0.6 is 11.6 Å². The predicted molar refractivity (Wildman–Crippen MR) is 83.3 cm³/mol. The second-order valence-corrected chi connectivity index (χ2v) is 6.68. The number of phenolic OH excluding ortho intramolecular Hbond substituents is 1. The monoisotopic (exact) mass is 291 g/mol. The molecule has 1 aliphatic heterocycles. The van der Waals surface area contributed by atoms with E-state index < -0.39 is 0 Å². The molecule has 1 heterocycles. The summed E-state index contributed by atoms with van der Waals surface area (Å²) < 4.78 is 0. The zero-order valence-corrected chi connectivity index (χ0v) is 12.9. The number of halogens is 1. The highest BCUT2D eigenvalue weighted by atomic mass is 35.5. The Bertz CT molecular complexity index is 542. The average Bonchev–Trinajstić information content (AvgIpc) is 2.43. The Kier molecular flexibility index (Phi) is 3.55. The third-order valence-electron chi connectivity index (χ3n) is 5.54. The van der Waals surface area contributed by atoms with Gasteiger partial charge in [-0.1, -0.05) is 37.6 Å². The fourth-order valence-corrected chi connectivity index (χ4v) is 4.18. The van der Waals surface area contributed by atoms with Crippen molar-refractivity contribution in [3.8, 4) is 5.75 Å². The van der Waals surface area contributed by atoms with Crippen LogP contribution < -0.4 is 0 Å². The fraction of sp³-hybridized carbons (Fsp3) is 0.529. The summed E-state index contributed by atoms with van der Waals surface area (Å²) in [7, 11) is 0. The molecule has 1 N–H and O–H groups in total. The highest BCUT2D eigenvalue weighted by Crippen LogP contribution is 2.49. The van der Waals surface area contributed by atoms with E-state index in [9.17, 15) is 5.11 Å². The van der Waals surface area contributed by atoms with Crippen LogP contribution in [0.3, 0.4) is 0 Å². The van der Waals surface area contributed by atoms with Gasteiger partial charge in [-0.15, -0.1) is 0 Å². The van der Waals surface area contributed by atoms with E-state index in [1.54, 1.807) is 5.54 Å². The van der Waals surface area contributed by atoms with Gasteiger partial charge in [0.1, 0.15) is 5.75 Å². The number of hydrogen-bond donors (Lipinski definition) is 1. The van der Waals surface area contributed by atoms with Crippen LogP contribution in [0, 0.1) is 5.92 Å². The molecule has 2 bridgehead atoms. The van der Waals surface area contributed by atoms with Crippen LogP contribution in [0.5, 0.6) is 5.75 Å². The first kappa shape index (κ1) is 14.0. The molecule has 108 valence electrons. The molecule has 0 spiro atoms. The fourth-order valence-electron chi connectivity index (χ4n) is 4.10. The second-order valence-electron chi connectivity index (χ2n) is 6.43. The van der Waals surface area contributed by atoms with Crippen molar-refractivity contribution in [1.82, 2.24) is 4.90 Å². The lowest BCUT2D eigenvalue weighted by Gasteiger charge is -2.54. The molecule has 1 saturated heterocycles. The first-order chi connectivity index (χ1) is 9.56. The first-order valence-corrected chi connectivity index (χ1v) is 7.81. The van der Waals surface area contributed by atoms with Crippen molar-refractivity contribution in [2.75, 3.05) is 13.1 Å². The molecule has 3 rings (SSSR count). The summed E-state index contributed by atoms with van der Waals surface area (Å²) in [5, 5.41) is 9.82. The summed E-state index contributed by atoms with van der Waals surface area (Å²) in [6.45, 7) is 6.74. The number of fused-ring (bicyclic) bond motifs is 4. The molecule has 1 aliphatic carbocycles. The minimum absolute atomic E-state index is 0.179. The van der Waals surface area contributed by atoms with Crippen molar-refractivity contribution >= 4 is 11.6 Å². The molecule has 0 amide bonds. The Balaban J connectivity index is 1.99. The van der Waals surface area contributed by atoms with Crippen LogP contribution in [-0.4, -0.2) is 29.1 Å². The van der Waals surface area contributed by atoms with Crippen LogP contribution in [0.2, 0.25) is 0 Å². The molecule has 20 heavy (non-hydrogen) atoms. The number of benzene rings is 1. The largest absolute Gasteiger partial charge is 0.508 e. The number of phenols is 1. The van der Waals surface area contributed by atoms with Gasteiger partial charge in [0, 0.05) is 18.1 Å². The molecule has 0 aromatic heterocycles. The SMILES string of the molecule is C[C@H]1[C@H]2Cc3ccc(O)cc3[C@]1(C)CCN2C/C=C/Cl. The van der Waals surface area contributed by atoms with E-state index in [0.717, 1.165) is 25.9 Å². The minimum atomic E-state index is 0.179. The van der Waals surface area contributed by atoms with Gasteiger partial charge in [-0.05, 0) is 54.0 Å². The van der Waals surface area contributed by atoms with Gasteiger partial charge in [0.25, 0.3) is 0 Å². The molecule has 3 atom stereocenters. The van der Waals surface area contributed by atoms with Gasteiger partial charge in [-0.2, -0.15) is 0 Å². The summed E-state index contributed by atoms with van der Waals surface area (Å²) in [6, 6.07) is 6.47. The lowest BCUT2D eigenvalue weighted by molar-refractivity contribution is 0.0398. The molecule has 0 unspecified atom stereocenters. The molecule has 1 fully saturated rings. The highest BCUT2D eigenvalue weighted by Gasteiger charge is 2.48. The van der Waals surface area contributed by atoms with Crippen molar-refractivity contribution in [3.05, 3.63) is 40.9 Å². The van der Waals surface area contributed by atoms with E-state index in [2.05, 4.69) is 24.8 Å². The van der Waals surface area contributed by atoms with E-state index in [1.807, 2.05) is 18.2 Å². The Labute approximate surface area is 126 Å². The molecular formula is C17H22ClNO. The van der Waals surface area contributed by atoms with E-state index >= 15 is 0 Å². The summed E-state index contributed by atoms with van der Waals surface area (Å²) >= 11 is 5.68. The Morgan fingerprint density at radius 2 is 2.30 bits per heavy atom. The summed E-state index contributed by atoms with van der Waals surface area (Å²) in [5.41, 5.74) is 4.55. The zero-order chi connectivity index (χ0) is 14.3. The van der Waals surface area contributed by atoms with Gasteiger partial charge in [0.05, 0.1) is 0 Å². The van der Waals surface area contributed by atoms with Crippen molar-refractivity contribution in [3.63, 3.8) is 0 Å². The summed E-state index contributed by atoms with van der Waals surface area (Å²) in [5.74, 6) is 0.984. The maximum Gasteiger partial charge on any atom is 0.115 e. The maximum atomic E-state index is 9.82. The van der Waals surface area contributed by atoms with Crippen LogP contribution in [0.4, 0.5) is 0 Å². The maximum absolute atomic E-state index is 9.82. The zero-order valence-electron chi connectivity index (χ0n) is 12.1. The topological polar surface area (TPSA) is 23.5 Å². The lowest BCUT2D eigenvalue weighted by Crippen LogP contribution is -2.57. The van der Waals surface area contributed by atoms with Gasteiger partial charge in [-0.3, -0.25) is 4.90 Å². The van der Waals surface area contributed by atoms with Crippen molar-refractivity contribution in [1.29, 1.82) is 0 Å². The first-order valence-electron chi connectivity index (χ1n) is 7.38. The lowest BCUT2D eigenvalue weighted by atomic mass is 9.59. The van der Waals surface area contributed by atoms with Crippen LogP contribution in [0.25, 0.3) is 0 Å². The molecule has 0 radical (unpaired) electrons. The molecule has 1 aromatic carbocycles. The van der Waals surface area contributed by atoms with Gasteiger partial charge < -0.3 is 5.11 Å². The van der Waals surface area contributed by atoms with E-state index in [1.165, 1.54) is 11.1 Å². The van der Waals surface area contributed by atoms with Gasteiger partial charge in [0.2, 0.25) is 0 Å². The summed E-state index contributed by atoms with van der Waals surface area (Å²) in [6.07, 6.45) is 4.24. The molecule has 3 heteroatoms. The van der Waals surface area contributed by atoms with E-state index in [0.29, 0.717) is 17.7 Å². The predicted octanol–water partition coefficient (Wildman–Crippen LogP) is 3.67. The van der Waals surface area contributed by atoms with Gasteiger partial charge in [-0.25, -0.2) is 0 Å². The molecule has 0 saturated carbocycles. The standard InChI is InChI=1S/C17H22ClNO/c1-12-16-10-13-4-5-14(20)11-15(13)17(12,2)6-9-19(16)8-3-7-18/h3-5,7,11-12,16,20H,6,8-10H2,1-2H3/b7-3+/t12-,16+,17+/m0/s1. The third-order valence-corrected chi connectivity index (χ3v) is 5.71. The number of likely N-dealkylation sites (tertiary alicyclic amines) is 1. The molecule has 2 nitrogen and oxygen atoms in total. The number of piperidine rings is 1. The van der Waals surface area contributed by atoms with Crippen molar-refractivity contribution < 1.29 is 5.11 Å². The Morgan fingerprint density at radius 1 is 1.50 bits per heavy atom. The smallest absolute Gasteiger partial charge is 0.115 e. The van der Waals surface area contributed by atoms with Crippen molar-refractivity contribution in [2.24, 2.45) is 5.92 Å².